The summed E-state index contributed by atoms with van der Waals surface area (Å²) in [5, 5.41) is 12.0. The maximum Gasteiger partial charge on any atom is 0.237 e. The number of aromatic nitrogens is 3. The third-order valence-electron chi connectivity index (χ3n) is 4.98. The largest absolute Gasteiger partial charge is 0.336 e. The Kier molecular flexibility index (Phi) is 7.01. The quantitative estimate of drug-likeness (QED) is 0.528. The second-order valence-electron chi connectivity index (χ2n) is 7.07. The van der Waals surface area contributed by atoms with Crippen molar-refractivity contribution in [1.82, 2.24) is 14.9 Å². The molecule has 1 atom stereocenters. The first-order valence-corrected chi connectivity index (χ1v) is 10.7. The summed E-state index contributed by atoms with van der Waals surface area (Å²) in [5.41, 5.74) is 0.669. The highest BCUT2D eigenvalue weighted by Gasteiger charge is 2.20. The topological polar surface area (TPSA) is 85.8 Å². The van der Waals surface area contributed by atoms with Gasteiger partial charge in [0, 0.05) is 17.1 Å². The Labute approximate surface area is 169 Å². The fraction of sp³-hybridized carbons (Fsp3) is 0.526. The molecular weight excluding hydrogens is 382 g/mol. The van der Waals surface area contributed by atoms with Crippen molar-refractivity contribution in [1.29, 1.82) is 0 Å². The normalized spacial score (nSPS) is 16.2. The summed E-state index contributed by atoms with van der Waals surface area (Å²) in [6.07, 6.45) is 8.57. The zero-order valence-electron chi connectivity index (χ0n) is 15.5. The number of nitrogens with zero attached hydrogens (tertiary/aromatic N) is 3. The van der Waals surface area contributed by atoms with Gasteiger partial charge in [-0.1, -0.05) is 61.5 Å². The molecule has 6 nitrogen and oxygen atoms in total. The van der Waals surface area contributed by atoms with Crippen LogP contribution >= 0.6 is 23.4 Å². The summed E-state index contributed by atoms with van der Waals surface area (Å²) in [6, 6.07) is 7.08. The van der Waals surface area contributed by atoms with Crippen LogP contribution in [0.15, 0.2) is 29.4 Å². The standard InChI is InChI=1S/C19H26ClN5OS/c1-13(18(26)22-16-9-5-8-15(20)12-16)27-19-24-23-17(25(19)21)11-10-14-6-3-2-4-7-14/h5,8-9,12-14H,2-4,6-7,10-11,21H2,1H3,(H,22,26)/t13-/m1/s1. The van der Waals surface area contributed by atoms with Gasteiger partial charge < -0.3 is 11.2 Å². The van der Waals surface area contributed by atoms with E-state index in [0.29, 0.717) is 15.9 Å². The zero-order valence-corrected chi connectivity index (χ0v) is 17.1. The van der Waals surface area contributed by atoms with Gasteiger partial charge in [-0.25, -0.2) is 4.68 Å². The number of nitrogen functional groups attached to an aromatic ring is 1. The van der Waals surface area contributed by atoms with Crippen LogP contribution in [0.3, 0.4) is 0 Å². The number of anilines is 1. The molecule has 1 fully saturated rings. The van der Waals surface area contributed by atoms with Crippen molar-refractivity contribution in [3.05, 3.63) is 35.1 Å². The number of nitrogens with two attached hydrogens (primary N) is 1. The molecule has 0 unspecified atom stereocenters. The number of aryl methyl sites for hydroxylation is 1. The van der Waals surface area contributed by atoms with E-state index in [1.165, 1.54) is 48.5 Å². The average Bonchev–Trinajstić information content (AvgIpc) is 3.00. The molecule has 2 aromatic rings. The summed E-state index contributed by atoms with van der Waals surface area (Å²) in [7, 11) is 0. The van der Waals surface area contributed by atoms with E-state index < -0.39 is 0 Å². The van der Waals surface area contributed by atoms with Gasteiger partial charge in [0.2, 0.25) is 11.1 Å². The molecule has 1 aromatic carbocycles. The van der Waals surface area contributed by atoms with Crippen LogP contribution in [0.25, 0.3) is 0 Å². The van der Waals surface area contributed by atoms with Crippen LogP contribution in [0.5, 0.6) is 0 Å². The van der Waals surface area contributed by atoms with E-state index >= 15 is 0 Å². The Bertz CT molecular complexity index is 775. The van der Waals surface area contributed by atoms with Crippen molar-refractivity contribution >= 4 is 35.0 Å². The molecule has 0 aliphatic heterocycles. The molecular formula is C19H26ClN5OS. The molecule has 0 spiro atoms. The highest BCUT2D eigenvalue weighted by atomic mass is 35.5. The highest BCUT2D eigenvalue weighted by molar-refractivity contribution is 8.00. The van der Waals surface area contributed by atoms with E-state index in [1.807, 2.05) is 6.92 Å². The van der Waals surface area contributed by atoms with Crippen LogP contribution in [0, 0.1) is 5.92 Å². The van der Waals surface area contributed by atoms with Crippen LogP contribution in [0.1, 0.15) is 51.3 Å². The first-order chi connectivity index (χ1) is 13.0. The third kappa shape index (κ3) is 5.62. The van der Waals surface area contributed by atoms with Gasteiger partial charge in [-0.05, 0) is 37.5 Å². The lowest BCUT2D eigenvalue weighted by Gasteiger charge is -2.20. The fourth-order valence-corrected chi connectivity index (χ4v) is 4.37. The number of nitrogens with one attached hydrogen (secondary N) is 1. The molecule has 1 saturated carbocycles. The molecule has 1 aromatic heterocycles. The van der Waals surface area contributed by atoms with Crippen LogP contribution in [-0.2, 0) is 11.2 Å². The Hall–Kier alpha value is -1.73. The number of carbonyl (C=O) groups is 1. The summed E-state index contributed by atoms with van der Waals surface area (Å²) in [4.78, 5) is 12.4. The average molecular weight is 408 g/mol. The first kappa shape index (κ1) is 20.0. The van der Waals surface area contributed by atoms with E-state index in [-0.39, 0.29) is 11.2 Å². The van der Waals surface area contributed by atoms with Gasteiger partial charge in [0.25, 0.3) is 0 Å². The molecule has 1 amide bonds. The van der Waals surface area contributed by atoms with Gasteiger partial charge in [0.15, 0.2) is 5.82 Å². The summed E-state index contributed by atoms with van der Waals surface area (Å²) < 4.78 is 1.52. The number of hydrogen-bond donors (Lipinski definition) is 2. The van der Waals surface area contributed by atoms with Crippen LogP contribution in [0.4, 0.5) is 5.69 Å². The van der Waals surface area contributed by atoms with Crippen molar-refractivity contribution in [2.45, 2.75) is 62.3 Å². The maximum atomic E-state index is 12.4. The van der Waals surface area contributed by atoms with Crippen molar-refractivity contribution < 1.29 is 4.79 Å². The Morgan fingerprint density at radius 1 is 1.37 bits per heavy atom. The maximum absolute atomic E-state index is 12.4. The third-order valence-corrected chi connectivity index (χ3v) is 6.27. The summed E-state index contributed by atoms with van der Waals surface area (Å²) in [5.74, 6) is 7.59. The molecule has 0 saturated heterocycles. The van der Waals surface area contributed by atoms with Crippen LogP contribution in [0.2, 0.25) is 5.02 Å². The Morgan fingerprint density at radius 3 is 2.89 bits per heavy atom. The van der Waals surface area contributed by atoms with Crippen LogP contribution in [-0.4, -0.2) is 26.0 Å². The lowest BCUT2D eigenvalue weighted by Crippen LogP contribution is -2.24. The van der Waals surface area contributed by atoms with E-state index in [4.69, 9.17) is 17.4 Å². The van der Waals surface area contributed by atoms with Gasteiger partial charge >= 0.3 is 0 Å². The molecule has 1 aliphatic carbocycles. The number of hydrogen-bond acceptors (Lipinski definition) is 5. The lowest BCUT2D eigenvalue weighted by atomic mass is 9.86. The molecule has 27 heavy (non-hydrogen) atoms. The highest BCUT2D eigenvalue weighted by Crippen LogP contribution is 2.28. The molecule has 0 radical (unpaired) electrons. The smallest absolute Gasteiger partial charge is 0.237 e. The minimum Gasteiger partial charge on any atom is -0.336 e. The number of halogens is 1. The number of thioether (sulfide) groups is 1. The predicted octanol–water partition coefficient (Wildman–Crippen LogP) is 4.28. The lowest BCUT2D eigenvalue weighted by molar-refractivity contribution is -0.115. The predicted molar refractivity (Wildman–Crippen MR) is 110 cm³/mol. The van der Waals surface area contributed by atoms with E-state index in [0.717, 1.165) is 24.6 Å². The second kappa shape index (κ2) is 9.46. The Morgan fingerprint density at radius 2 is 2.15 bits per heavy atom. The number of benzene rings is 1. The molecule has 0 bridgehead atoms. The number of rotatable bonds is 7. The molecule has 3 rings (SSSR count). The second-order valence-corrected chi connectivity index (χ2v) is 8.82. The molecule has 8 heteroatoms. The number of carbonyl (C=O) groups excluding carboxylic acids is 1. The van der Waals surface area contributed by atoms with Gasteiger partial charge in [-0.2, -0.15) is 0 Å². The van der Waals surface area contributed by atoms with E-state index in [9.17, 15) is 4.79 Å². The van der Waals surface area contributed by atoms with Crippen molar-refractivity contribution in [2.24, 2.45) is 5.92 Å². The SMILES string of the molecule is C[C@@H](Sc1nnc(CCC2CCCCC2)n1N)C(=O)Nc1cccc(Cl)c1. The number of amides is 1. The van der Waals surface area contributed by atoms with E-state index in [1.54, 1.807) is 24.3 Å². The summed E-state index contributed by atoms with van der Waals surface area (Å²) >= 11 is 7.26. The fourth-order valence-electron chi connectivity index (χ4n) is 3.39. The van der Waals surface area contributed by atoms with Crippen molar-refractivity contribution in [3.63, 3.8) is 0 Å². The van der Waals surface area contributed by atoms with Crippen molar-refractivity contribution in [3.8, 4) is 0 Å². The first-order valence-electron chi connectivity index (χ1n) is 9.45. The zero-order chi connectivity index (χ0) is 19.2. The molecule has 146 valence electrons. The molecule has 1 aliphatic rings. The van der Waals surface area contributed by atoms with Crippen molar-refractivity contribution in [2.75, 3.05) is 11.2 Å². The minimum atomic E-state index is -0.360. The van der Waals surface area contributed by atoms with E-state index in [2.05, 4.69) is 15.5 Å². The Balaban J connectivity index is 1.53. The van der Waals surface area contributed by atoms with Gasteiger partial charge in [0.05, 0.1) is 5.25 Å². The summed E-state index contributed by atoms with van der Waals surface area (Å²) in [6.45, 7) is 1.82. The van der Waals surface area contributed by atoms with Gasteiger partial charge in [0.1, 0.15) is 0 Å². The monoisotopic (exact) mass is 407 g/mol. The van der Waals surface area contributed by atoms with Crippen LogP contribution < -0.4 is 11.2 Å². The van der Waals surface area contributed by atoms with Gasteiger partial charge in [-0.3, -0.25) is 4.79 Å². The minimum absolute atomic E-state index is 0.131. The molecule has 1 heterocycles. The molecule has 3 N–H and O–H groups in total. The van der Waals surface area contributed by atoms with Gasteiger partial charge in [-0.15, -0.1) is 10.2 Å².